The molecule has 2 aromatic rings. The molecule has 0 saturated carbocycles. The van der Waals surface area contributed by atoms with Gasteiger partial charge in [0.2, 0.25) is 0 Å². The second-order valence-electron chi connectivity index (χ2n) is 4.59. The first-order valence-corrected chi connectivity index (χ1v) is 6.73. The number of halogens is 1. The van der Waals surface area contributed by atoms with Crippen LogP contribution >= 0.6 is 0 Å². The van der Waals surface area contributed by atoms with Crippen molar-refractivity contribution in [2.45, 2.75) is 0 Å². The van der Waals surface area contributed by atoms with Gasteiger partial charge in [-0.2, -0.15) is 5.26 Å². The molecule has 4 nitrogen and oxygen atoms in total. The Morgan fingerprint density at radius 1 is 1.09 bits per heavy atom. The van der Waals surface area contributed by atoms with Gasteiger partial charge in [0, 0.05) is 5.56 Å². The van der Waals surface area contributed by atoms with Gasteiger partial charge in [0.25, 0.3) is 0 Å². The van der Waals surface area contributed by atoms with E-state index in [9.17, 15) is 14.0 Å². The highest BCUT2D eigenvalue weighted by Crippen LogP contribution is 2.09. The molecular formula is C18H12FNO3. The Bertz CT molecular complexity index is 774. The predicted octanol–water partition coefficient (Wildman–Crippen LogP) is 3.16. The zero-order valence-corrected chi connectivity index (χ0v) is 12.0. The number of nitrogens with zero attached hydrogens (tertiary/aromatic N) is 1. The van der Waals surface area contributed by atoms with E-state index in [1.54, 1.807) is 30.3 Å². The summed E-state index contributed by atoms with van der Waals surface area (Å²) in [7, 11) is 0. The van der Waals surface area contributed by atoms with E-state index in [1.165, 1.54) is 18.2 Å². The van der Waals surface area contributed by atoms with E-state index in [-0.39, 0.29) is 11.1 Å². The predicted molar refractivity (Wildman–Crippen MR) is 81.7 cm³/mol. The fraction of sp³-hybridized carbons (Fsp3) is 0.0556. The molecule has 0 radical (unpaired) electrons. The third-order valence-corrected chi connectivity index (χ3v) is 2.95. The molecule has 0 aliphatic carbocycles. The summed E-state index contributed by atoms with van der Waals surface area (Å²) in [6.45, 7) is -0.516. The highest BCUT2D eigenvalue weighted by Gasteiger charge is 2.14. The Balaban J connectivity index is 2.00. The highest BCUT2D eigenvalue weighted by atomic mass is 19.1. The summed E-state index contributed by atoms with van der Waals surface area (Å²) in [5, 5.41) is 9.02. The Hall–Kier alpha value is -3.26. The van der Waals surface area contributed by atoms with Gasteiger partial charge >= 0.3 is 5.97 Å². The molecule has 23 heavy (non-hydrogen) atoms. The number of Topliss-reactive ketones (excluding diaryl/α,β-unsaturated/α-hetero) is 1. The van der Waals surface area contributed by atoms with Gasteiger partial charge in [-0.3, -0.25) is 4.79 Å². The van der Waals surface area contributed by atoms with Gasteiger partial charge in [-0.05, 0) is 35.9 Å². The molecule has 114 valence electrons. The third kappa shape index (κ3) is 4.61. The van der Waals surface area contributed by atoms with Crippen molar-refractivity contribution < 1.29 is 18.7 Å². The zero-order valence-electron chi connectivity index (χ0n) is 12.0. The number of benzene rings is 2. The third-order valence-electron chi connectivity index (χ3n) is 2.95. The molecule has 0 aromatic heterocycles. The van der Waals surface area contributed by atoms with E-state index < -0.39 is 24.2 Å². The van der Waals surface area contributed by atoms with Crippen LogP contribution in [-0.2, 0) is 9.53 Å². The maximum atomic E-state index is 12.8. The topological polar surface area (TPSA) is 67.2 Å². The van der Waals surface area contributed by atoms with Crippen LogP contribution in [0, 0.1) is 17.1 Å². The lowest BCUT2D eigenvalue weighted by atomic mass is 10.1. The van der Waals surface area contributed by atoms with Gasteiger partial charge in [-0.25, -0.2) is 9.18 Å². The molecule has 2 aromatic carbocycles. The maximum Gasteiger partial charge on any atom is 0.349 e. The van der Waals surface area contributed by atoms with Gasteiger partial charge in [0.05, 0.1) is 0 Å². The maximum absolute atomic E-state index is 12.8. The van der Waals surface area contributed by atoms with Crippen molar-refractivity contribution in [1.29, 1.82) is 5.26 Å². The summed E-state index contributed by atoms with van der Waals surface area (Å²) >= 11 is 0. The molecule has 0 atom stereocenters. The van der Waals surface area contributed by atoms with Gasteiger partial charge in [-0.15, -0.1) is 0 Å². The van der Waals surface area contributed by atoms with Crippen molar-refractivity contribution >= 4 is 17.8 Å². The normalized spacial score (nSPS) is 10.7. The fourth-order valence-corrected chi connectivity index (χ4v) is 1.78. The number of carbonyl (C=O) groups excluding carboxylic acids is 2. The molecule has 2 rings (SSSR count). The molecule has 0 aliphatic rings. The van der Waals surface area contributed by atoms with Crippen LogP contribution in [0.3, 0.4) is 0 Å². The largest absolute Gasteiger partial charge is 0.453 e. The molecule has 0 amide bonds. The molecule has 0 fully saturated rings. The molecule has 0 spiro atoms. The van der Waals surface area contributed by atoms with Crippen molar-refractivity contribution in [3.05, 3.63) is 77.1 Å². The molecule has 5 heteroatoms. The van der Waals surface area contributed by atoms with E-state index in [4.69, 9.17) is 10.00 Å². The van der Waals surface area contributed by atoms with Gasteiger partial charge in [0.15, 0.2) is 12.4 Å². The van der Waals surface area contributed by atoms with Crippen LogP contribution in [0.4, 0.5) is 4.39 Å². The van der Waals surface area contributed by atoms with Crippen LogP contribution in [0.25, 0.3) is 6.08 Å². The average Bonchev–Trinajstić information content (AvgIpc) is 2.58. The summed E-state index contributed by atoms with van der Waals surface area (Å²) in [6, 6.07) is 15.4. The Kier molecular flexibility index (Phi) is 5.37. The van der Waals surface area contributed by atoms with E-state index in [0.29, 0.717) is 5.56 Å². The lowest BCUT2D eigenvalue weighted by Gasteiger charge is -2.04. The molecule has 0 saturated heterocycles. The summed E-state index contributed by atoms with van der Waals surface area (Å²) in [5.74, 6) is -1.82. The standard InChI is InChI=1S/C18H12FNO3/c19-16-8-6-14(7-9-16)17(21)12-23-18(22)15(11-20)10-13-4-2-1-3-5-13/h1-10H,12H2. The minimum Gasteiger partial charge on any atom is -0.453 e. The Morgan fingerprint density at radius 3 is 2.35 bits per heavy atom. The first kappa shape index (κ1) is 16.1. The van der Waals surface area contributed by atoms with Gasteiger partial charge in [-0.1, -0.05) is 30.3 Å². The first-order chi connectivity index (χ1) is 11.1. The van der Waals surface area contributed by atoms with Crippen molar-refractivity contribution in [1.82, 2.24) is 0 Å². The van der Waals surface area contributed by atoms with Crippen LogP contribution in [0.2, 0.25) is 0 Å². The number of nitriles is 1. The van der Waals surface area contributed by atoms with E-state index in [2.05, 4.69) is 0 Å². The van der Waals surface area contributed by atoms with Gasteiger partial charge in [0.1, 0.15) is 17.5 Å². The van der Waals surface area contributed by atoms with E-state index >= 15 is 0 Å². The SMILES string of the molecule is N#CC(=Cc1ccccc1)C(=O)OCC(=O)c1ccc(F)cc1. The number of rotatable bonds is 5. The summed E-state index contributed by atoms with van der Waals surface area (Å²) in [5.41, 5.74) is 0.693. The van der Waals surface area contributed by atoms with Crippen LogP contribution in [0.15, 0.2) is 60.2 Å². The molecule has 0 unspecified atom stereocenters. The molecule has 0 heterocycles. The zero-order chi connectivity index (χ0) is 16.7. The summed E-state index contributed by atoms with van der Waals surface area (Å²) in [6.07, 6.45) is 1.38. The van der Waals surface area contributed by atoms with Crippen LogP contribution in [-0.4, -0.2) is 18.4 Å². The number of hydrogen-bond acceptors (Lipinski definition) is 4. The quantitative estimate of drug-likeness (QED) is 0.368. The van der Waals surface area contributed by atoms with Crippen LogP contribution in [0.1, 0.15) is 15.9 Å². The second-order valence-corrected chi connectivity index (χ2v) is 4.59. The number of esters is 1. The van der Waals surface area contributed by atoms with Crippen LogP contribution < -0.4 is 0 Å². The monoisotopic (exact) mass is 309 g/mol. The lowest BCUT2D eigenvalue weighted by Crippen LogP contribution is -2.15. The molecule has 0 aliphatic heterocycles. The number of hydrogen-bond donors (Lipinski definition) is 0. The summed E-state index contributed by atoms with van der Waals surface area (Å²) in [4.78, 5) is 23.7. The molecule has 0 bridgehead atoms. The number of ether oxygens (including phenoxy) is 1. The van der Waals surface area contributed by atoms with Crippen molar-refractivity contribution in [3.8, 4) is 6.07 Å². The lowest BCUT2D eigenvalue weighted by molar-refractivity contribution is -0.137. The van der Waals surface area contributed by atoms with E-state index in [0.717, 1.165) is 12.1 Å². The second kappa shape index (κ2) is 7.66. The minimum atomic E-state index is -0.883. The van der Waals surface area contributed by atoms with E-state index in [1.807, 2.05) is 6.07 Å². The van der Waals surface area contributed by atoms with Crippen LogP contribution in [0.5, 0.6) is 0 Å². The average molecular weight is 309 g/mol. The fourth-order valence-electron chi connectivity index (χ4n) is 1.78. The Labute approximate surface area is 132 Å². The van der Waals surface area contributed by atoms with Gasteiger partial charge < -0.3 is 4.74 Å². The molecule has 0 N–H and O–H groups in total. The number of carbonyl (C=O) groups is 2. The van der Waals surface area contributed by atoms with Crippen molar-refractivity contribution in [3.63, 3.8) is 0 Å². The smallest absolute Gasteiger partial charge is 0.349 e. The Morgan fingerprint density at radius 2 is 1.74 bits per heavy atom. The van der Waals surface area contributed by atoms with Crippen molar-refractivity contribution in [2.24, 2.45) is 0 Å². The highest BCUT2D eigenvalue weighted by molar-refractivity contribution is 6.01. The minimum absolute atomic E-state index is 0.205. The number of ketones is 1. The molecular weight excluding hydrogens is 297 g/mol. The first-order valence-electron chi connectivity index (χ1n) is 6.73. The van der Waals surface area contributed by atoms with Crippen molar-refractivity contribution in [2.75, 3.05) is 6.61 Å². The summed E-state index contributed by atoms with van der Waals surface area (Å²) < 4.78 is 17.6.